The third kappa shape index (κ3) is 3.18. The van der Waals surface area contributed by atoms with Crippen LogP contribution < -0.4 is 4.72 Å². The van der Waals surface area contributed by atoms with Crippen molar-refractivity contribution in [2.75, 3.05) is 0 Å². The van der Waals surface area contributed by atoms with Crippen molar-refractivity contribution in [2.45, 2.75) is 24.8 Å². The number of nitrogens with one attached hydrogen (secondary N) is 1. The Morgan fingerprint density at radius 3 is 2.44 bits per heavy atom. The van der Waals surface area contributed by atoms with Gasteiger partial charge in [-0.2, -0.15) is 0 Å². The van der Waals surface area contributed by atoms with E-state index in [4.69, 9.17) is 16.7 Å². The topological polar surface area (TPSA) is 83.5 Å². The molecule has 0 bridgehead atoms. The summed E-state index contributed by atoms with van der Waals surface area (Å²) in [6, 6.07) is 1.10. The van der Waals surface area contributed by atoms with Crippen molar-refractivity contribution in [3.05, 3.63) is 28.5 Å². The van der Waals surface area contributed by atoms with Crippen LogP contribution in [0.1, 0.15) is 24.2 Å². The van der Waals surface area contributed by atoms with Gasteiger partial charge in [0.05, 0.1) is 15.5 Å². The van der Waals surface area contributed by atoms with Gasteiger partial charge in [0.15, 0.2) is 0 Å². The molecule has 1 aromatic rings. The van der Waals surface area contributed by atoms with Crippen molar-refractivity contribution in [1.82, 2.24) is 4.72 Å². The summed E-state index contributed by atoms with van der Waals surface area (Å²) in [4.78, 5) is 10.3. The molecule has 8 heteroatoms. The molecule has 0 amide bonds. The molecule has 0 spiro atoms. The number of halogens is 2. The summed E-state index contributed by atoms with van der Waals surface area (Å²) in [6.07, 6.45) is 0. The van der Waals surface area contributed by atoms with Gasteiger partial charge < -0.3 is 5.11 Å². The second-order valence-corrected chi connectivity index (χ2v) is 5.94. The average Bonchev–Trinajstić information content (AvgIpc) is 2.19. The minimum atomic E-state index is -3.97. The van der Waals surface area contributed by atoms with Gasteiger partial charge in [-0.15, -0.1) is 0 Å². The Morgan fingerprint density at radius 1 is 1.44 bits per heavy atom. The van der Waals surface area contributed by atoms with Crippen molar-refractivity contribution in [3.8, 4) is 0 Å². The Hall–Kier alpha value is -1.18. The number of benzene rings is 1. The highest BCUT2D eigenvalue weighted by Gasteiger charge is 2.22. The molecule has 2 N–H and O–H groups in total. The first-order valence-electron chi connectivity index (χ1n) is 4.90. The Bertz CT molecular complexity index is 586. The number of carboxylic acid groups (broad SMARTS) is 1. The van der Waals surface area contributed by atoms with Gasteiger partial charge in [0.25, 0.3) is 0 Å². The quantitative estimate of drug-likeness (QED) is 0.888. The number of hydrogen-bond donors (Lipinski definition) is 2. The molecule has 0 aliphatic heterocycles. The molecule has 0 saturated carbocycles. The summed E-state index contributed by atoms with van der Waals surface area (Å²) in [5.74, 6) is -2.60. The molecule has 0 heterocycles. The van der Waals surface area contributed by atoms with Crippen LogP contribution in [0.2, 0.25) is 5.02 Å². The smallest absolute Gasteiger partial charge is 0.337 e. The number of sulfonamides is 1. The minimum absolute atomic E-state index is 0.401. The van der Waals surface area contributed by atoms with Crippen molar-refractivity contribution in [1.29, 1.82) is 0 Å². The summed E-state index contributed by atoms with van der Waals surface area (Å²) in [5, 5.41) is 8.18. The number of carboxylic acids is 1. The van der Waals surface area contributed by atoms with Crippen LogP contribution in [0.3, 0.4) is 0 Å². The molecule has 0 atom stereocenters. The predicted octanol–water partition coefficient (Wildman–Crippen LogP) is 1.86. The summed E-state index contributed by atoms with van der Waals surface area (Å²) in [7, 11) is -3.97. The maximum Gasteiger partial charge on any atom is 0.337 e. The first-order chi connectivity index (χ1) is 8.15. The Kier molecular flexibility index (Phi) is 4.31. The standard InChI is InChI=1S/C10H11ClFNO4S/c1-5(2)13-18(16,17)6-3-7(10(14)15)9(11)8(12)4-6/h3-5,13H,1-2H3,(H,14,15). The van der Waals surface area contributed by atoms with E-state index in [2.05, 4.69) is 4.72 Å². The van der Waals surface area contributed by atoms with Crippen LogP contribution >= 0.6 is 11.6 Å². The molecule has 0 saturated heterocycles. The van der Waals surface area contributed by atoms with Gasteiger partial charge in [0.2, 0.25) is 10.0 Å². The third-order valence-corrected chi connectivity index (χ3v) is 3.96. The zero-order valence-corrected chi connectivity index (χ0v) is 11.1. The van der Waals surface area contributed by atoms with Gasteiger partial charge in [-0.1, -0.05) is 11.6 Å². The molecule has 0 aromatic heterocycles. The Morgan fingerprint density at radius 2 is 2.00 bits per heavy atom. The van der Waals surface area contributed by atoms with Gasteiger partial charge in [-0.05, 0) is 26.0 Å². The van der Waals surface area contributed by atoms with Crippen LogP contribution in [-0.4, -0.2) is 25.5 Å². The molecule has 0 radical (unpaired) electrons. The fourth-order valence-electron chi connectivity index (χ4n) is 1.25. The van der Waals surface area contributed by atoms with E-state index in [1.165, 1.54) is 0 Å². The Labute approximate surface area is 109 Å². The highest BCUT2D eigenvalue weighted by Crippen LogP contribution is 2.24. The van der Waals surface area contributed by atoms with E-state index >= 15 is 0 Å². The van der Waals surface area contributed by atoms with Gasteiger partial charge >= 0.3 is 5.97 Å². The molecular formula is C10H11ClFNO4S. The second kappa shape index (κ2) is 5.21. The van der Waals surface area contributed by atoms with Crippen LogP contribution in [0.15, 0.2) is 17.0 Å². The third-order valence-electron chi connectivity index (χ3n) is 1.93. The maximum atomic E-state index is 13.4. The van der Waals surface area contributed by atoms with E-state index < -0.39 is 43.3 Å². The number of hydrogen-bond acceptors (Lipinski definition) is 3. The lowest BCUT2D eigenvalue weighted by Gasteiger charge is -2.11. The lowest BCUT2D eigenvalue weighted by molar-refractivity contribution is 0.0696. The van der Waals surface area contributed by atoms with E-state index in [0.717, 1.165) is 6.07 Å². The van der Waals surface area contributed by atoms with Crippen molar-refractivity contribution in [3.63, 3.8) is 0 Å². The molecule has 100 valence electrons. The molecule has 0 unspecified atom stereocenters. The van der Waals surface area contributed by atoms with Crippen LogP contribution in [0.25, 0.3) is 0 Å². The van der Waals surface area contributed by atoms with Crippen LogP contribution in [0.4, 0.5) is 4.39 Å². The summed E-state index contributed by atoms with van der Waals surface area (Å²) in [6.45, 7) is 3.17. The van der Waals surface area contributed by atoms with Crippen molar-refractivity contribution < 1.29 is 22.7 Å². The fourth-order valence-corrected chi connectivity index (χ4v) is 2.73. The van der Waals surface area contributed by atoms with Crippen LogP contribution in [-0.2, 0) is 10.0 Å². The van der Waals surface area contributed by atoms with E-state index in [-0.39, 0.29) is 0 Å². The molecule has 0 fully saturated rings. The van der Waals surface area contributed by atoms with E-state index in [1.807, 2.05) is 0 Å². The normalized spacial score (nSPS) is 11.8. The van der Waals surface area contributed by atoms with Crippen molar-refractivity contribution in [2.24, 2.45) is 0 Å². The van der Waals surface area contributed by atoms with Gasteiger partial charge in [0.1, 0.15) is 5.82 Å². The van der Waals surface area contributed by atoms with Gasteiger partial charge in [-0.25, -0.2) is 22.3 Å². The molecular weight excluding hydrogens is 285 g/mol. The number of rotatable bonds is 4. The second-order valence-electron chi connectivity index (χ2n) is 3.85. The first kappa shape index (κ1) is 14.9. The van der Waals surface area contributed by atoms with E-state index in [9.17, 15) is 17.6 Å². The fraction of sp³-hybridized carbons (Fsp3) is 0.300. The van der Waals surface area contributed by atoms with Crippen LogP contribution in [0.5, 0.6) is 0 Å². The van der Waals surface area contributed by atoms with Gasteiger partial charge in [-0.3, -0.25) is 0 Å². The lowest BCUT2D eigenvalue weighted by Crippen LogP contribution is -2.30. The highest BCUT2D eigenvalue weighted by atomic mass is 35.5. The minimum Gasteiger partial charge on any atom is -0.478 e. The summed E-state index contributed by atoms with van der Waals surface area (Å²) in [5.41, 5.74) is -0.596. The largest absolute Gasteiger partial charge is 0.478 e. The highest BCUT2D eigenvalue weighted by molar-refractivity contribution is 7.89. The molecule has 18 heavy (non-hydrogen) atoms. The maximum absolute atomic E-state index is 13.4. The monoisotopic (exact) mass is 295 g/mol. The lowest BCUT2D eigenvalue weighted by atomic mass is 10.2. The summed E-state index contributed by atoms with van der Waals surface area (Å²) >= 11 is 5.44. The SMILES string of the molecule is CC(C)NS(=O)(=O)c1cc(F)c(Cl)c(C(=O)O)c1. The zero-order chi connectivity index (χ0) is 14.1. The number of aromatic carboxylic acids is 1. The number of carbonyl (C=O) groups is 1. The average molecular weight is 296 g/mol. The van der Waals surface area contributed by atoms with Crippen molar-refractivity contribution >= 4 is 27.6 Å². The first-order valence-corrected chi connectivity index (χ1v) is 6.76. The summed E-state index contributed by atoms with van der Waals surface area (Å²) < 4.78 is 39.1. The molecule has 5 nitrogen and oxygen atoms in total. The predicted molar refractivity (Wildman–Crippen MR) is 63.8 cm³/mol. The van der Waals surface area contributed by atoms with E-state index in [1.54, 1.807) is 13.8 Å². The molecule has 1 rings (SSSR count). The zero-order valence-electron chi connectivity index (χ0n) is 9.57. The molecule has 0 aliphatic rings. The van der Waals surface area contributed by atoms with Crippen LogP contribution in [0, 0.1) is 5.82 Å². The van der Waals surface area contributed by atoms with Gasteiger partial charge in [0, 0.05) is 6.04 Å². The molecule has 0 aliphatic carbocycles. The Balaban J connectivity index is 3.40. The molecule has 1 aromatic carbocycles. The van der Waals surface area contributed by atoms with E-state index in [0.29, 0.717) is 6.07 Å².